The summed E-state index contributed by atoms with van der Waals surface area (Å²) in [7, 11) is 0. The Hall–Kier alpha value is -7.71. The van der Waals surface area contributed by atoms with Crippen LogP contribution in [0.25, 0.3) is 0 Å². The van der Waals surface area contributed by atoms with Crippen LogP contribution < -0.4 is 31.9 Å². The molecule has 0 aromatic heterocycles. The number of anilines is 4. The molecule has 1 saturated heterocycles. The van der Waals surface area contributed by atoms with Crippen molar-refractivity contribution in [2.45, 2.75) is 24.4 Å². The van der Waals surface area contributed by atoms with Gasteiger partial charge in [0.25, 0.3) is 11.8 Å². The van der Waals surface area contributed by atoms with Crippen LogP contribution in [0.3, 0.4) is 0 Å². The lowest BCUT2D eigenvalue weighted by molar-refractivity contribution is -0.138. The predicted octanol–water partition coefficient (Wildman–Crippen LogP) is 5.88. The molecule has 0 aliphatic carbocycles. The van der Waals surface area contributed by atoms with E-state index >= 15 is 0 Å². The van der Waals surface area contributed by atoms with Gasteiger partial charge in [0.15, 0.2) is 5.96 Å². The van der Waals surface area contributed by atoms with Crippen LogP contribution in [-0.4, -0.2) is 102 Å². The Morgan fingerprint density at radius 3 is 1.27 bits per heavy atom. The summed E-state index contributed by atoms with van der Waals surface area (Å²) >= 11 is 0. The highest BCUT2D eigenvalue weighted by Gasteiger charge is 2.47. The van der Waals surface area contributed by atoms with E-state index in [4.69, 9.17) is 16.9 Å². The lowest BCUT2D eigenvalue weighted by Gasteiger charge is -2.34. The molecule has 1 fully saturated rings. The number of rotatable bonds is 10. The highest BCUT2D eigenvalue weighted by molar-refractivity contribution is 6.08. The standard InChI is InChI=1S/C45H41F6N11O4/c46-44(47,48)27-3-1-5-31(21-27)61-33-23-59(39(63)35(33)37(55-42(61)65)25-7-11-29(52)12-8-25)19-17-57-15-16-58(41(57)54)18-20-60-24-34-36(40(60)64)38(26-9-13-30(53)14-10-26)56-43(66)62(34)32-6-2-4-28(22-32)45(49,50)51/h1-14,21-22,37-38,54H,15-20,23-24,52-53H2,(H,55,65)(H,56,66)/t37-,38-/m1/s1. The average Bonchev–Trinajstić information content (AvgIpc) is 3.92. The number of carbonyl (C=O) groups excluding carboxylic acids is 4. The van der Waals surface area contributed by atoms with E-state index in [0.717, 1.165) is 34.1 Å². The second-order valence-electron chi connectivity index (χ2n) is 16.3. The van der Waals surface area contributed by atoms with Gasteiger partial charge >= 0.3 is 24.4 Å². The second-order valence-corrected chi connectivity index (χ2v) is 16.3. The van der Waals surface area contributed by atoms with Crippen molar-refractivity contribution in [2.24, 2.45) is 0 Å². The van der Waals surface area contributed by atoms with E-state index in [1.165, 1.54) is 34.1 Å². The van der Waals surface area contributed by atoms with Gasteiger partial charge in [-0.05, 0) is 71.8 Å². The Morgan fingerprint density at radius 1 is 0.545 bits per heavy atom. The van der Waals surface area contributed by atoms with Crippen molar-refractivity contribution in [1.29, 1.82) is 5.41 Å². The minimum Gasteiger partial charge on any atom is -0.399 e. The SMILES string of the molecule is N=C1N(CCN2CC3=C(C2=O)[C@@H](c2ccc(N)cc2)NC(=O)N3c2cccc(C(F)(F)F)c2)CCN1CCN1CC2=C(C1=O)[C@@H](c1ccc(N)cc1)NC(=O)N2c1cccc(C(F)(F)F)c1. The molecule has 0 saturated carbocycles. The number of nitrogens with one attached hydrogen (secondary N) is 3. The summed E-state index contributed by atoms with van der Waals surface area (Å²) < 4.78 is 82.6. The Balaban J connectivity index is 0.894. The van der Waals surface area contributed by atoms with Crippen LogP contribution in [-0.2, 0) is 21.9 Å². The van der Waals surface area contributed by atoms with Crippen LogP contribution >= 0.6 is 0 Å². The molecule has 15 nitrogen and oxygen atoms in total. The number of guanidine groups is 1. The van der Waals surface area contributed by atoms with Gasteiger partial charge in [0, 0.05) is 50.6 Å². The maximum absolute atomic E-state index is 14.2. The van der Waals surface area contributed by atoms with E-state index in [-0.39, 0.29) is 79.1 Å². The van der Waals surface area contributed by atoms with E-state index in [2.05, 4.69) is 10.6 Å². The van der Waals surface area contributed by atoms with Gasteiger partial charge in [0.1, 0.15) is 0 Å². The summed E-state index contributed by atoms with van der Waals surface area (Å²) in [6.45, 7) is 1.08. The molecule has 9 rings (SSSR count). The third-order valence-corrected chi connectivity index (χ3v) is 12.3. The van der Waals surface area contributed by atoms with Gasteiger partial charge in [0.2, 0.25) is 0 Å². The number of hydrogen-bond acceptors (Lipinski definition) is 7. The third kappa shape index (κ3) is 7.93. The zero-order valence-electron chi connectivity index (χ0n) is 34.8. The van der Waals surface area contributed by atoms with Gasteiger partial charge in [-0.25, -0.2) is 9.59 Å². The maximum atomic E-state index is 14.2. The number of nitrogen functional groups attached to an aromatic ring is 2. The number of alkyl halides is 6. The molecule has 342 valence electrons. The Morgan fingerprint density at radius 2 is 0.909 bits per heavy atom. The van der Waals surface area contributed by atoms with Gasteiger partial charge in [-0.1, -0.05) is 36.4 Å². The van der Waals surface area contributed by atoms with Crippen LogP contribution in [0.15, 0.2) is 120 Å². The highest BCUT2D eigenvalue weighted by atomic mass is 19.4. The summed E-state index contributed by atoms with van der Waals surface area (Å²) in [5.41, 5.74) is 12.5. The summed E-state index contributed by atoms with van der Waals surface area (Å²) in [5, 5.41) is 14.6. The summed E-state index contributed by atoms with van der Waals surface area (Å²) in [6.07, 6.45) is -9.37. The zero-order valence-corrected chi connectivity index (χ0v) is 34.8. The number of nitrogens with two attached hydrogens (primary N) is 2. The maximum Gasteiger partial charge on any atom is 0.416 e. The van der Waals surface area contributed by atoms with Crippen LogP contribution in [0, 0.1) is 5.41 Å². The largest absolute Gasteiger partial charge is 0.416 e. The molecular formula is C45H41F6N11O4. The highest BCUT2D eigenvalue weighted by Crippen LogP contribution is 2.42. The second kappa shape index (κ2) is 16.4. The molecule has 0 spiro atoms. The first-order valence-electron chi connectivity index (χ1n) is 20.8. The molecule has 0 unspecified atom stereocenters. The first-order valence-corrected chi connectivity index (χ1v) is 20.8. The van der Waals surface area contributed by atoms with E-state index in [9.17, 15) is 45.5 Å². The third-order valence-electron chi connectivity index (χ3n) is 12.3. The molecule has 7 N–H and O–H groups in total. The van der Waals surface area contributed by atoms with Gasteiger partial charge in [-0.15, -0.1) is 0 Å². The average molecular weight is 914 g/mol. The lowest BCUT2D eigenvalue weighted by atomic mass is 9.95. The number of halogens is 6. The van der Waals surface area contributed by atoms with Crippen molar-refractivity contribution in [2.75, 3.05) is 73.6 Å². The Labute approximate surface area is 373 Å². The first kappa shape index (κ1) is 43.5. The Bertz CT molecular complexity index is 2540. The van der Waals surface area contributed by atoms with Crippen molar-refractivity contribution in [3.05, 3.63) is 142 Å². The van der Waals surface area contributed by atoms with E-state index in [1.807, 2.05) is 0 Å². The molecule has 0 radical (unpaired) electrons. The van der Waals surface area contributed by atoms with Crippen LogP contribution in [0.4, 0.5) is 58.7 Å². The fourth-order valence-electron chi connectivity index (χ4n) is 8.99. The molecule has 4 aromatic carbocycles. The van der Waals surface area contributed by atoms with Crippen LogP contribution in [0.1, 0.15) is 34.3 Å². The molecule has 21 heteroatoms. The monoisotopic (exact) mass is 913 g/mol. The van der Waals surface area contributed by atoms with E-state index in [0.29, 0.717) is 35.6 Å². The molecule has 4 aromatic rings. The van der Waals surface area contributed by atoms with Gasteiger partial charge in [-0.2, -0.15) is 26.3 Å². The Kier molecular flexibility index (Phi) is 10.8. The fraction of sp³-hybridized carbons (Fsp3) is 0.267. The van der Waals surface area contributed by atoms with Crippen molar-refractivity contribution in [3.63, 3.8) is 0 Å². The first-order chi connectivity index (χ1) is 31.4. The quantitative estimate of drug-likeness (QED) is 0.0965. The zero-order chi connectivity index (χ0) is 46.8. The smallest absolute Gasteiger partial charge is 0.399 e. The van der Waals surface area contributed by atoms with E-state index < -0.39 is 59.4 Å². The van der Waals surface area contributed by atoms with E-state index in [1.54, 1.807) is 58.3 Å². The van der Waals surface area contributed by atoms with Gasteiger partial charge in [-0.3, -0.25) is 24.8 Å². The number of benzene rings is 4. The van der Waals surface area contributed by atoms with Crippen LogP contribution in [0.5, 0.6) is 0 Å². The van der Waals surface area contributed by atoms with Crippen molar-refractivity contribution in [1.82, 2.24) is 30.2 Å². The van der Waals surface area contributed by atoms with Crippen molar-refractivity contribution >= 4 is 52.6 Å². The molecule has 2 atom stereocenters. The molecular weight excluding hydrogens is 873 g/mol. The molecule has 0 bridgehead atoms. The summed E-state index contributed by atoms with van der Waals surface area (Å²) in [5.74, 6) is -0.784. The molecule has 6 amide bonds. The molecule has 5 aliphatic heterocycles. The fourth-order valence-corrected chi connectivity index (χ4v) is 8.99. The van der Waals surface area contributed by atoms with Crippen LogP contribution in [0.2, 0.25) is 0 Å². The minimum atomic E-state index is -4.69. The number of hydrogen-bond donors (Lipinski definition) is 5. The van der Waals surface area contributed by atoms with Gasteiger partial charge in [0.05, 0.1) is 70.2 Å². The molecule has 5 aliphatic rings. The number of carbonyl (C=O) groups is 4. The number of amides is 6. The normalized spacial score (nSPS) is 20.2. The number of urea groups is 2. The lowest BCUT2D eigenvalue weighted by Crippen LogP contribution is -2.47. The minimum absolute atomic E-state index is 0.0725. The van der Waals surface area contributed by atoms with Gasteiger partial charge < -0.3 is 41.7 Å². The number of nitrogens with zero attached hydrogens (tertiary/aromatic N) is 6. The topological polar surface area (TPSA) is 188 Å². The summed E-state index contributed by atoms with van der Waals surface area (Å²) in [6, 6.07) is 18.4. The van der Waals surface area contributed by atoms with Crippen molar-refractivity contribution < 1.29 is 45.5 Å². The summed E-state index contributed by atoms with van der Waals surface area (Å²) in [4.78, 5) is 64.5. The molecule has 5 heterocycles. The van der Waals surface area contributed by atoms with Crippen molar-refractivity contribution in [3.8, 4) is 0 Å². The molecule has 66 heavy (non-hydrogen) atoms. The predicted molar refractivity (Wildman–Crippen MR) is 230 cm³/mol.